The smallest absolute Gasteiger partial charge is 0.272 e. The van der Waals surface area contributed by atoms with Crippen LogP contribution in [0.2, 0.25) is 5.02 Å². The van der Waals surface area contributed by atoms with Gasteiger partial charge in [-0.3, -0.25) is 4.79 Å². The van der Waals surface area contributed by atoms with E-state index in [1.807, 2.05) is 37.3 Å². The van der Waals surface area contributed by atoms with E-state index >= 15 is 0 Å². The summed E-state index contributed by atoms with van der Waals surface area (Å²) < 4.78 is 8.03. The Balaban J connectivity index is 1.61. The number of aromatic nitrogens is 2. The van der Waals surface area contributed by atoms with Crippen molar-refractivity contribution in [2.75, 3.05) is 0 Å². The normalized spacial score (nSPS) is 11.8. The summed E-state index contributed by atoms with van der Waals surface area (Å²) in [6.07, 6.45) is 2.51. The molecule has 27 heavy (non-hydrogen) atoms. The highest BCUT2D eigenvalue weighted by Gasteiger charge is 2.16. The van der Waals surface area contributed by atoms with E-state index in [-0.39, 0.29) is 18.7 Å². The monoisotopic (exact) mass is 447 g/mol. The molecule has 0 saturated carbocycles. The number of rotatable bonds is 7. The first-order valence-electron chi connectivity index (χ1n) is 8.54. The minimum atomic E-state index is -0.211. The number of nitrogens with zero attached hydrogens (tertiary/aromatic N) is 2. The number of hydrogen-bond acceptors (Lipinski definition) is 3. The Hall–Kier alpha value is -2.31. The van der Waals surface area contributed by atoms with Gasteiger partial charge in [0.25, 0.3) is 5.91 Å². The van der Waals surface area contributed by atoms with E-state index in [4.69, 9.17) is 16.3 Å². The number of amides is 1. The van der Waals surface area contributed by atoms with Gasteiger partial charge >= 0.3 is 0 Å². The van der Waals surface area contributed by atoms with Crippen LogP contribution in [0.1, 0.15) is 35.4 Å². The van der Waals surface area contributed by atoms with Crippen LogP contribution >= 0.6 is 27.5 Å². The van der Waals surface area contributed by atoms with Crippen molar-refractivity contribution in [1.82, 2.24) is 15.1 Å². The molecule has 0 radical (unpaired) electrons. The maximum atomic E-state index is 12.5. The maximum Gasteiger partial charge on any atom is 0.272 e. The van der Waals surface area contributed by atoms with E-state index in [9.17, 15) is 4.79 Å². The molecule has 2 aromatic carbocycles. The lowest BCUT2D eigenvalue weighted by molar-refractivity contribution is 0.0928. The molecular weight excluding hydrogens is 430 g/mol. The number of carbonyl (C=O) groups excluding carboxylic acids is 1. The predicted molar refractivity (Wildman–Crippen MR) is 109 cm³/mol. The van der Waals surface area contributed by atoms with Crippen molar-refractivity contribution in [3.8, 4) is 5.75 Å². The molecule has 3 aromatic rings. The van der Waals surface area contributed by atoms with Crippen LogP contribution in [-0.2, 0) is 6.73 Å². The summed E-state index contributed by atoms with van der Waals surface area (Å²) in [4.78, 5) is 12.5. The van der Waals surface area contributed by atoms with Gasteiger partial charge in [-0.05, 0) is 52.2 Å². The summed E-state index contributed by atoms with van der Waals surface area (Å²) in [5.74, 6) is 0.438. The standard InChI is InChI=1S/C20H19BrClN3O2/c1-2-17(14-6-4-3-5-7-14)23-20(26)18-10-11-25(24-18)13-27-19-9-8-15(22)12-16(19)21/h3-12,17H,2,13H2,1H3,(H,23,26). The maximum absolute atomic E-state index is 12.5. The highest BCUT2D eigenvalue weighted by atomic mass is 79.9. The lowest BCUT2D eigenvalue weighted by atomic mass is 10.0. The Morgan fingerprint density at radius 3 is 2.74 bits per heavy atom. The third-order valence-corrected chi connectivity index (χ3v) is 4.89. The first-order valence-corrected chi connectivity index (χ1v) is 9.71. The summed E-state index contributed by atoms with van der Waals surface area (Å²) in [6.45, 7) is 2.22. The predicted octanol–water partition coefficient (Wildman–Crippen LogP) is 5.22. The number of ether oxygens (including phenoxy) is 1. The molecule has 0 saturated heterocycles. The second-order valence-corrected chi connectivity index (χ2v) is 7.22. The quantitative estimate of drug-likeness (QED) is 0.539. The fourth-order valence-corrected chi connectivity index (χ4v) is 3.42. The second-order valence-electron chi connectivity index (χ2n) is 5.93. The number of carbonyl (C=O) groups is 1. The number of benzene rings is 2. The molecule has 1 aromatic heterocycles. The zero-order valence-corrected chi connectivity index (χ0v) is 17.1. The van der Waals surface area contributed by atoms with Gasteiger partial charge in [-0.15, -0.1) is 0 Å². The first-order chi connectivity index (χ1) is 13.1. The lowest BCUT2D eigenvalue weighted by Crippen LogP contribution is -2.28. The Bertz CT molecular complexity index is 915. The van der Waals surface area contributed by atoms with Crippen molar-refractivity contribution in [1.29, 1.82) is 0 Å². The van der Waals surface area contributed by atoms with Crippen molar-refractivity contribution in [3.05, 3.63) is 81.5 Å². The summed E-state index contributed by atoms with van der Waals surface area (Å²) in [5, 5.41) is 7.94. The van der Waals surface area contributed by atoms with E-state index < -0.39 is 0 Å². The topological polar surface area (TPSA) is 56.2 Å². The Labute approximate surface area is 171 Å². The molecular formula is C20H19BrClN3O2. The van der Waals surface area contributed by atoms with E-state index in [1.165, 1.54) is 0 Å². The molecule has 5 nitrogen and oxygen atoms in total. The third-order valence-electron chi connectivity index (χ3n) is 4.04. The van der Waals surface area contributed by atoms with Gasteiger partial charge in [0, 0.05) is 11.2 Å². The van der Waals surface area contributed by atoms with Crippen molar-refractivity contribution in [3.63, 3.8) is 0 Å². The average Bonchev–Trinajstić information content (AvgIpc) is 3.15. The molecule has 0 bridgehead atoms. The second kappa shape index (κ2) is 9.06. The van der Waals surface area contributed by atoms with Gasteiger partial charge in [-0.25, -0.2) is 4.68 Å². The van der Waals surface area contributed by atoms with E-state index in [0.29, 0.717) is 16.5 Å². The van der Waals surface area contributed by atoms with Gasteiger partial charge in [0.05, 0.1) is 10.5 Å². The molecule has 1 N–H and O–H groups in total. The molecule has 7 heteroatoms. The van der Waals surface area contributed by atoms with Crippen LogP contribution in [0.3, 0.4) is 0 Å². The fourth-order valence-electron chi connectivity index (χ4n) is 2.62. The Kier molecular flexibility index (Phi) is 6.53. The minimum absolute atomic E-state index is 0.0508. The zero-order chi connectivity index (χ0) is 19.2. The summed E-state index contributed by atoms with van der Waals surface area (Å²) >= 11 is 9.33. The molecule has 0 aliphatic heterocycles. The first kappa shape index (κ1) is 19.5. The van der Waals surface area contributed by atoms with Gasteiger partial charge in [-0.2, -0.15) is 5.10 Å². The van der Waals surface area contributed by atoms with Gasteiger partial charge in [0.2, 0.25) is 0 Å². The van der Waals surface area contributed by atoms with Crippen LogP contribution in [0.5, 0.6) is 5.75 Å². The van der Waals surface area contributed by atoms with E-state index in [2.05, 4.69) is 26.3 Å². The van der Waals surface area contributed by atoms with Gasteiger partial charge in [0.1, 0.15) is 11.4 Å². The van der Waals surface area contributed by atoms with E-state index in [0.717, 1.165) is 16.5 Å². The molecule has 1 amide bonds. The molecule has 0 aliphatic carbocycles. The zero-order valence-electron chi connectivity index (χ0n) is 14.7. The third kappa shape index (κ3) is 5.11. The highest BCUT2D eigenvalue weighted by Crippen LogP contribution is 2.28. The lowest BCUT2D eigenvalue weighted by Gasteiger charge is -2.16. The van der Waals surface area contributed by atoms with Crippen LogP contribution < -0.4 is 10.1 Å². The molecule has 0 spiro atoms. The Morgan fingerprint density at radius 2 is 2.04 bits per heavy atom. The number of nitrogens with one attached hydrogen (secondary N) is 1. The molecule has 0 fully saturated rings. The highest BCUT2D eigenvalue weighted by molar-refractivity contribution is 9.10. The van der Waals surface area contributed by atoms with Crippen molar-refractivity contribution in [2.24, 2.45) is 0 Å². The molecule has 1 unspecified atom stereocenters. The van der Waals surface area contributed by atoms with Crippen LogP contribution in [0.4, 0.5) is 0 Å². The van der Waals surface area contributed by atoms with Crippen molar-refractivity contribution >= 4 is 33.4 Å². The molecule has 1 atom stereocenters. The van der Waals surface area contributed by atoms with Crippen LogP contribution in [0.25, 0.3) is 0 Å². The van der Waals surface area contributed by atoms with Crippen molar-refractivity contribution < 1.29 is 9.53 Å². The van der Waals surface area contributed by atoms with Crippen LogP contribution in [0, 0.1) is 0 Å². The van der Waals surface area contributed by atoms with Crippen LogP contribution in [0.15, 0.2) is 65.3 Å². The fraction of sp³-hybridized carbons (Fsp3) is 0.200. The molecule has 140 valence electrons. The van der Waals surface area contributed by atoms with Crippen LogP contribution in [-0.4, -0.2) is 15.7 Å². The SMILES string of the molecule is CCC(NC(=O)c1ccn(COc2ccc(Cl)cc2Br)n1)c1ccccc1. The summed E-state index contributed by atoms with van der Waals surface area (Å²) in [6, 6.07) is 16.8. The van der Waals surface area contributed by atoms with Gasteiger partial charge < -0.3 is 10.1 Å². The minimum Gasteiger partial charge on any atom is -0.470 e. The molecule has 0 aliphatic rings. The average molecular weight is 449 g/mol. The van der Waals surface area contributed by atoms with Gasteiger partial charge in [0.15, 0.2) is 6.73 Å². The largest absolute Gasteiger partial charge is 0.470 e. The summed E-state index contributed by atoms with van der Waals surface area (Å²) in [5.41, 5.74) is 1.42. The van der Waals surface area contributed by atoms with E-state index in [1.54, 1.807) is 35.1 Å². The van der Waals surface area contributed by atoms with Gasteiger partial charge in [-0.1, -0.05) is 48.9 Å². The van der Waals surface area contributed by atoms with Crippen molar-refractivity contribution in [2.45, 2.75) is 26.1 Å². The Morgan fingerprint density at radius 1 is 1.26 bits per heavy atom. The number of halogens is 2. The summed E-state index contributed by atoms with van der Waals surface area (Å²) in [7, 11) is 0. The molecule has 3 rings (SSSR count). The number of hydrogen-bond donors (Lipinski definition) is 1. The molecule has 1 heterocycles.